The molecule has 1 aliphatic heterocycles. The van der Waals surface area contributed by atoms with E-state index in [1.807, 2.05) is 6.20 Å². The number of aromatic nitrogens is 2. The van der Waals surface area contributed by atoms with E-state index in [1.54, 1.807) is 0 Å². The molecule has 0 amide bonds. The summed E-state index contributed by atoms with van der Waals surface area (Å²) < 4.78 is 9.08. The van der Waals surface area contributed by atoms with Gasteiger partial charge >= 0.3 is 0 Å². The molecule has 0 fully saturated rings. The predicted molar refractivity (Wildman–Crippen MR) is 263 cm³/mol. The molecule has 0 unspecified atom stereocenters. The molecule has 0 saturated heterocycles. The number of anilines is 4. The summed E-state index contributed by atoms with van der Waals surface area (Å²) in [7, 11) is 0. The molecular formula is C58H54N4O. The fourth-order valence-corrected chi connectivity index (χ4v) is 9.32. The molecule has 3 heterocycles. The monoisotopic (exact) mass is 822 g/mol. The lowest BCUT2D eigenvalue weighted by Crippen LogP contribution is -2.25. The van der Waals surface area contributed by atoms with Gasteiger partial charge < -0.3 is 14.5 Å². The van der Waals surface area contributed by atoms with Crippen molar-refractivity contribution in [1.82, 2.24) is 9.55 Å². The van der Waals surface area contributed by atoms with Gasteiger partial charge in [0.05, 0.1) is 22.4 Å². The molecule has 10 rings (SSSR count). The lowest BCUT2D eigenvalue weighted by Gasteiger charge is -2.28. The largest absolute Gasteiger partial charge is 0.457 e. The fourth-order valence-electron chi connectivity index (χ4n) is 9.32. The zero-order valence-corrected chi connectivity index (χ0v) is 37.3. The van der Waals surface area contributed by atoms with Crippen molar-refractivity contribution in [1.29, 1.82) is 0 Å². The first-order chi connectivity index (χ1) is 30.4. The van der Waals surface area contributed by atoms with Crippen molar-refractivity contribution in [2.24, 2.45) is 0 Å². The van der Waals surface area contributed by atoms with Crippen molar-refractivity contribution >= 4 is 44.6 Å². The van der Waals surface area contributed by atoms with E-state index in [0.717, 1.165) is 50.8 Å². The number of hydrogen-bond acceptors (Lipinski definition) is 4. The third kappa shape index (κ3) is 7.21. The number of ether oxygens (including phenoxy) is 1. The summed E-state index contributed by atoms with van der Waals surface area (Å²) in [6.45, 7) is 16.6. The quantitative estimate of drug-likeness (QED) is 0.145. The molecule has 0 saturated carbocycles. The van der Waals surface area contributed by atoms with Gasteiger partial charge in [0.1, 0.15) is 24.0 Å². The number of para-hydroxylation sites is 1. The molecule has 5 nitrogen and oxygen atoms in total. The summed E-state index contributed by atoms with van der Waals surface area (Å²) in [6.07, 6.45) is 1.92. The van der Waals surface area contributed by atoms with Crippen molar-refractivity contribution in [3.8, 4) is 17.3 Å². The number of rotatable bonds is 9. The number of benzene rings is 7. The lowest BCUT2D eigenvalue weighted by molar-refractivity contribution is 0.483. The summed E-state index contributed by atoms with van der Waals surface area (Å²) in [6, 6.07) is 65.5. The van der Waals surface area contributed by atoms with Crippen LogP contribution in [-0.4, -0.2) is 16.2 Å². The SMILES string of the molecule is CC(C)(C)c1ccnc(-n2c3ccccc3c3ccc(Oc4cccc(N5CN(c6cccc(C(C)(C)c7ccccc7)c6)c6ccc(C(C)(C)c7ccccc7)cc65)c4)cc32)c1. The molecule has 7 aromatic carbocycles. The van der Waals surface area contributed by atoms with Crippen LogP contribution >= 0.6 is 0 Å². The molecular weight excluding hydrogens is 769 g/mol. The van der Waals surface area contributed by atoms with Crippen molar-refractivity contribution in [3.05, 3.63) is 216 Å². The average Bonchev–Trinajstić information content (AvgIpc) is 3.85. The van der Waals surface area contributed by atoms with E-state index >= 15 is 0 Å². The second-order valence-electron chi connectivity index (χ2n) is 19.0. The van der Waals surface area contributed by atoms with Gasteiger partial charge in [-0.25, -0.2) is 4.98 Å². The second-order valence-corrected chi connectivity index (χ2v) is 19.0. The van der Waals surface area contributed by atoms with Gasteiger partial charge in [-0.15, -0.1) is 0 Å². The number of hydrogen-bond donors (Lipinski definition) is 0. The molecule has 1 aliphatic rings. The summed E-state index contributed by atoms with van der Waals surface area (Å²) in [5.41, 5.74) is 12.7. The van der Waals surface area contributed by atoms with E-state index in [9.17, 15) is 0 Å². The molecule has 0 bridgehead atoms. The van der Waals surface area contributed by atoms with Gasteiger partial charge in [-0.3, -0.25) is 4.57 Å². The Morgan fingerprint density at radius 3 is 1.73 bits per heavy atom. The Bertz CT molecular complexity index is 3120. The highest BCUT2D eigenvalue weighted by molar-refractivity contribution is 6.09. The van der Waals surface area contributed by atoms with Crippen LogP contribution < -0.4 is 14.5 Å². The van der Waals surface area contributed by atoms with Crippen molar-refractivity contribution in [2.45, 2.75) is 64.7 Å². The predicted octanol–water partition coefficient (Wildman–Crippen LogP) is 15.2. The Morgan fingerprint density at radius 2 is 1.02 bits per heavy atom. The minimum Gasteiger partial charge on any atom is -0.457 e. The van der Waals surface area contributed by atoms with Gasteiger partial charge in [0.25, 0.3) is 0 Å². The van der Waals surface area contributed by atoms with Gasteiger partial charge in [-0.05, 0) is 100.0 Å². The maximum absolute atomic E-state index is 6.81. The summed E-state index contributed by atoms with van der Waals surface area (Å²) >= 11 is 0. The fraction of sp³-hybridized carbons (Fsp3) is 0.190. The first-order valence-electron chi connectivity index (χ1n) is 22.1. The summed E-state index contributed by atoms with van der Waals surface area (Å²) in [5, 5.41) is 2.35. The standard InChI is InChI=1S/C58H54N4O/c1-56(2,3)42-32-33-59-55(36-42)62-51-27-15-14-26-49(51)50-30-29-48(38-53(50)62)63-47-25-17-24-46(37-47)61-39-60(45-23-16-22-43(34-45)57(4,5)40-18-10-8-11-19-40)52-31-28-44(35-54(52)61)58(6,7)41-20-12-9-13-21-41/h8-38H,39H2,1-7H3. The van der Waals surface area contributed by atoms with Crippen LogP contribution in [0.2, 0.25) is 0 Å². The van der Waals surface area contributed by atoms with Crippen molar-refractivity contribution < 1.29 is 4.74 Å². The molecule has 0 atom stereocenters. The molecule has 312 valence electrons. The summed E-state index contributed by atoms with van der Waals surface area (Å²) in [5.74, 6) is 2.44. The molecule has 2 aromatic heterocycles. The minimum absolute atomic E-state index is 0.00832. The minimum atomic E-state index is -0.204. The molecule has 0 radical (unpaired) electrons. The normalized spacial score (nSPS) is 13.2. The highest BCUT2D eigenvalue weighted by Crippen LogP contribution is 2.48. The molecule has 9 aromatic rings. The number of pyridine rings is 1. The third-order valence-corrected chi connectivity index (χ3v) is 13.3. The van der Waals surface area contributed by atoms with E-state index in [4.69, 9.17) is 9.72 Å². The maximum Gasteiger partial charge on any atom is 0.137 e. The highest BCUT2D eigenvalue weighted by atomic mass is 16.5. The molecule has 0 N–H and O–H groups in total. The van der Waals surface area contributed by atoms with E-state index in [-0.39, 0.29) is 16.2 Å². The van der Waals surface area contributed by atoms with Gasteiger partial charge in [-0.1, -0.05) is 152 Å². The Morgan fingerprint density at radius 1 is 0.429 bits per heavy atom. The topological polar surface area (TPSA) is 33.5 Å². The van der Waals surface area contributed by atoms with Gasteiger partial charge in [-0.2, -0.15) is 0 Å². The van der Waals surface area contributed by atoms with Gasteiger partial charge in [0, 0.05) is 51.3 Å². The van der Waals surface area contributed by atoms with E-state index in [1.165, 1.54) is 38.9 Å². The lowest BCUT2D eigenvalue weighted by atomic mass is 9.78. The third-order valence-electron chi connectivity index (χ3n) is 13.3. The van der Waals surface area contributed by atoms with Crippen LogP contribution in [0.3, 0.4) is 0 Å². The zero-order chi connectivity index (χ0) is 43.5. The Kier molecular flexibility index (Phi) is 9.75. The summed E-state index contributed by atoms with van der Waals surface area (Å²) in [4.78, 5) is 9.77. The van der Waals surface area contributed by atoms with Gasteiger partial charge in [0.15, 0.2) is 0 Å². The van der Waals surface area contributed by atoms with Crippen LogP contribution in [0.1, 0.15) is 76.3 Å². The van der Waals surface area contributed by atoms with E-state index in [0.29, 0.717) is 6.67 Å². The first kappa shape index (κ1) is 40.0. The maximum atomic E-state index is 6.81. The zero-order valence-electron chi connectivity index (χ0n) is 37.3. The van der Waals surface area contributed by atoms with Gasteiger partial charge in [0.2, 0.25) is 0 Å². The van der Waals surface area contributed by atoms with Crippen LogP contribution in [0.4, 0.5) is 22.7 Å². The number of fused-ring (bicyclic) bond motifs is 4. The van der Waals surface area contributed by atoms with Crippen LogP contribution in [0, 0.1) is 0 Å². The van der Waals surface area contributed by atoms with Crippen molar-refractivity contribution in [2.75, 3.05) is 16.5 Å². The molecule has 0 aliphatic carbocycles. The van der Waals surface area contributed by atoms with Crippen LogP contribution in [0.15, 0.2) is 188 Å². The Balaban J connectivity index is 1.04. The molecule has 5 heteroatoms. The first-order valence-corrected chi connectivity index (χ1v) is 22.1. The Hall–Kier alpha value is -7.11. The number of nitrogens with zero attached hydrogens (tertiary/aromatic N) is 4. The molecule has 0 spiro atoms. The van der Waals surface area contributed by atoms with E-state index in [2.05, 4.69) is 245 Å². The molecule has 63 heavy (non-hydrogen) atoms. The van der Waals surface area contributed by atoms with Crippen LogP contribution in [0.25, 0.3) is 27.6 Å². The average molecular weight is 823 g/mol. The Labute approximate surface area is 371 Å². The van der Waals surface area contributed by atoms with Crippen molar-refractivity contribution in [3.63, 3.8) is 0 Å². The van der Waals surface area contributed by atoms with Crippen LogP contribution in [-0.2, 0) is 16.2 Å². The highest BCUT2D eigenvalue weighted by Gasteiger charge is 2.33. The van der Waals surface area contributed by atoms with E-state index < -0.39 is 0 Å². The van der Waals surface area contributed by atoms with Crippen LogP contribution in [0.5, 0.6) is 11.5 Å². The second kappa shape index (κ2) is 15.4. The smallest absolute Gasteiger partial charge is 0.137 e.